The lowest BCUT2D eigenvalue weighted by molar-refractivity contribution is 0.753. The van der Waals surface area contributed by atoms with Crippen LogP contribution in [0.25, 0.3) is 0 Å². The third kappa shape index (κ3) is 2.58. The Morgan fingerprint density at radius 1 is 1.18 bits per heavy atom. The van der Waals surface area contributed by atoms with E-state index in [1.54, 1.807) is 0 Å². The van der Waals surface area contributed by atoms with Gasteiger partial charge in [-0.1, -0.05) is 0 Å². The van der Waals surface area contributed by atoms with Gasteiger partial charge < -0.3 is 0 Å². The second-order valence-electron chi connectivity index (χ2n) is 1.64. The number of rotatable bonds is 3. The van der Waals surface area contributed by atoms with Crippen molar-refractivity contribution in [3.63, 3.8) is 0 Å². The molecule has 7 heteroatoms. The summed E-state index contributed by atoms with van der Waals surface area (Å²) in [7, 11) is 0. The van der Waals surface area contributed by atoms with E-state index in [0.29, 0.717) is 17.4 Å². The molecule has 11 heavy (non-hydrogen) atoms. The molecule has 0 unspecified atom stereocenters. The normalized spacial score (nSPS) is 10.0. The van der Waals surface area contributed by atoms with Crippen molar-refractivity contribution >= 4 is 24.8 Å². The Bertz CT molecular complexity index is 216. The zero-order chi connectivity index (χ0) is 8.10. The topological polar surface area (TPSA) is 51.6 Å². The van der Waals surface area contributed by atoms with Crippen LogP contribution in [0.15, 0.2) is 0 Å². The summed E-state index contributed by atoms with van der Waals surface area (Å²) in [6.07, 6.45) is 0. The van der Waals surface area contributed by atoms with Crippen LogP contribution < -0.4 is 0 Å². The molecule has 0 atom stereocenters. The molecule has 0 aliphatic rings. The summed E-state index contributed by atoms with van der Waals surface area (Å²) in [5.41, 5.74) is 0. The number of hydrogen-bond acceptors (Lipinski definition) is 6. The van der Waals surface area contributed by atoms with Gasteiger partial charge in [0.2, 0.25) is 0 Å². The largest absolute Gasteiger partial charge is 0.185 e. The van der Waals surface area contributed by atoms with Crippen molar-refractivity contribution in [2.24, 2.45) is 0 Å². The van der Waals surface area contributed by atoms with Crippen LogP contribution in [-0.2, 0) is 11.5 Å². The molecule has 0 radical (unpaired) electrons. The zero-order valence-corrected chi connectivity index (χ0v) is 7.15. The van der Waals surface area contributed by atoms with E-state index in [2.05, 4.69) is 33.0 Å². The fourth-order valence-corrected chi connectivity index (χ4v) is 0.780. The molecule has 0 aliphatic heterocycles. The highest BCUT2D eigenvalue weighted by atomic mass is 32.2. The Morgan fingerprint density at radius 2 is 1.73 bits per heavy atom. The summed E-state index contributed by atoms with van der Waals surface area (Å²) in [4.78, 5) is 0. The molecule has 0 saturated heterocycles. The summed E-state index contributed by atoms with van der Waals surface area (Å²) in [6, 6.07) is 0. The zero-order valence-electron chi connectivity index (χ0n) is 5.44. The van der Waals surface area contributed by atoms with Crippen LogP contribution in [0, 0.1) is 0 Å². The Labute approximate surface area is 72.7 Å². The van der Waals surface area contributed by atoms with E-state index in [9.17, 15) is 3.89 Å². The molecule has 1 heterocycles. The highest BCUT2D eigenvalue weighted by Gasteiger charge is 1.99. The molecule has 0 fully saturated rings. The molecule has 1 rings (SSSR count). The van der Waals surface area contributed by atoms with Crippen LogP contribution in [0.5, 0.6) is 0 Å². The lowest BCUT2D eigenvalue weighted by Gasteiger charge is -1.92. The first-order valence-corrected chi connectivity index (χ1v) is 4.28. The van der Waals surface area contributed by atoms with Crippen LogP contribution in [0.2, 0.25) is 0 Å². The molecular weight excluding hydrogens is 187 g/mol. The standard InChI is InChI=1S/C4H5FN4S2/c5-11-2-4-8-6-3(1-10)7-9-4/h10H,1-2H2. The highest BCUT2D eigenvalue weighted by molar-refractivity contribution is 7.93. The lowest BCUT2D eigenvalue weighted by Crippen LogP contribution is -2.02. The molecule has 1 aromatic rings. The van der Waals surface area contributed by atoms with Crippen molar-refractivity contribution < 1.29 is 3.89 Å². The number of aromatic nitrogens is 4. The molecule has 0 amide bonds. The molecular formula is C4H5FN4S2. The number of nitrogens with zero attached hydrogens (tertiary/aromatic N) is 4. The summed E-state index contributed by atoms with van der Waals surface area (Å²) < 4.78 is 11.6. The van der Waals surface area contributed by atoms with Crippen LogP contribution in [0.4, 0.5) is 3.89 Å². The third-order valence-corrected chi connectivity index (χ3v) is 1.54. The Hall–Kier alpha value is -0.430. The Kier molecular flexibility index (Phi) is 3.50. The van der Waals surface area contributed by atoms with E-state index in [1.165, 1.54) is 0 Å². The maximum absolute atomic E-state index is 11.6. The quantitative estimate of drug-likeness (QED) is 0.718. The minimum atomic E-state index is 0.0901. The molecule has 0 N–H and O–H groups in total. The van der Waals surface area contributed by atoms with E-state index >= 15 is 0 Å². The van der Waals surface area contributed by atoms with Crippen LogP contribution >= 0.6 is 24.8 Å². The smallest absolute Gasteiger partial charge is 0.171 e. The van der Waals surface area contributed by atoms with Gasteiger partial charge in [-0.2, -0.15) is 16.5 Å². The average molecular weight is 192 g/mol. The second-order valence-corrected chi connectivity index (χ2v) is 2.47. The molecule has 0 bridgehead atoms. The first-order valence-electron chi connectivity index (χ1n) is 2.76. The SMILES string of the molecule is FSCc1nnc(CS)nn1. The van der Waals surface area contributed by atoms with Gasteiger partial charge in [-0.3, -0.25) is 0 Å². The van der Waals surface area contributed by atoms with Crippen molar-refractivity contribution in [3.8, 4) is 0 Å². The Morgan fingerprint density at radius 3 is 2.18 bits per heavy atom. The van der Waals surface area contributed by atoms with E-state index in [0.717, 1.165) is 0 Å². The van der Waals surface area contributed by atoms with Gasteiger partial charge in [-0.05, 0) is 0 Å². The molecule has 0 aliphatic carbocycles. The van der Waals surface area contributed by atoms with Gasteiger partial charge in [-0.15, -0.1) is 20.4 Å². The number of hydrogen-bond donors (Lipinski definition) is 1. The lowest BCUT2D eigenvalue weighted by atomic mass is 10.7. The van der Waals surface area contributed by atoms with Crippen LogP contribution in [0.3, 0.4) is 0 Å². The molecule has 1 aromatic heterocycles. The summed E-state index contributed by atoms with van der Waals surface area (Å²) >= 11 is 4.06. The van der Waals surface area contributed by atoms with Crippen LogP contribution in [0.1, 0.15) is 11.6 Å². The molecule has 0 spiro atoms. The maximum atomic E-state index is 11.6. The average Bonchev–Trinajstić information content (AvgIpc) is 2.07. The van der Waals surface area contributed by atoms with Gasteiger partial charge in [0.05, 0.1) is 23.7 Å². The highest BCUT2D eigenvalue weighted by Crippen LogP contribution is 2.06. The van der Waals surface area contributed by atoms with Crippen molar-refractivity contribution in [2.45, 2.75) is 11.5 Å². The first-order chi connectivity index (χ1) is 5.36. The van der Waals surface area contributed by atoms with E-state index in [4.69, 9.17) is 0 Å². The van der Waals surface area contributed by atoms with Crippen molar-refractivity contribution in [1.82, 2.24) is 20.4 Å². The van der Waals surface area contributed by atoms with E-state index < -0.39 is 0 Å². The van der Waals surface area contributed by atoms with Gasteiger partial charge in [0, 0.05) is 0 Å². The predicted octanol–water partition coefficient (Wildman–Crippen LogP) is 0.814. The minimum Gasteiger partial charge on any atom is -0.171 e. The summed E-state index contributed by atoms with van der Waals surface area (Å²) in [5.74, 6) is 1.22. The number of halogens is 1. The fourth-order valence-electron chi connectivity index (χ4n) is 0.441. The van der Waals surface area contributed by atoms with Gasteiger partial charge in [0.15, 0.2) is 11.6 Å². The maximum Gasteiger partial charge on any atom is 0.185 e. The fraction of sp³-hybridized carbons (Fsp3) is 0.500. The first kappa shape index (κ1) is 8.66. The molecule has 0 saturated carbocycles. The monoisotopic (exact) mass is 192 g/mol. The van der Waals surface area contributed by atoms with E-state index in [-0.39, 0.29) is 17.9 Å². The van der Waals surface area contributed by atoms with Crippen molar-refractivity contribution in [3.05, 3.63) is 11.6 Å². The number of thiol groups is 1. The van der Waals surface area contributed by atoms with Crippen molar-refractivity contribution in [2.75, 3.05) is 0 Å². The molecule has 0 aromatic carbocycles. The summed E-state index contributed by atoms with van der Waals surface area (Å²) in [5, 5.41) is 14.5. The third-order valence-electron chi connectivity index (χ3n) is 0.887. The molecule has 60 valence electrons. The van der Waals surface area contributed by atoms with E-state index in [1.807, 2.05) is 0 Å². The van der Waals surface area contributed by atoms with Gasteiger partial charge in [0.1, 0.15) is 0 Å². The van der Waals surface area contributed by atoms with Crippen LogP contribution in [-0.4, -0.2) is 20.4 Å². The van der Waals surface area contributed by atoms with Gasteiger partial charge in [0.25, 0.3) is 0 Å². The summed E-state index contributed by atoms with van der Waals surface area (Å²) in [6.45, 7) is 0. The molecule has 4 nitrogen and oxygen atoms in total. The second kappa shape index (κ2) is 4.45. The van der Waals surface area contributed by atoms with Gasteiger partial charge in [-0.25, -0.2) is 0 Å². The van der Waals surface area contributed by atoms with Crippen molar-refractivity contribution in [1.29, 1.82) is 0 Å². The predicted molar refractivity (Wildman–Crippen MR) is 42.7 cm³/mol. The van der Waals surface area contributed by atoms with Gasteiger partial charge >= 0.3 is 0 Å². The minimum absolute atomic E-state index is 0.0901. The Balaban J connectivity index is 2.66.